The van der Waals surface area contributed by atoms with E-state index in [1.165, 1.54) is 21.3 Å². The van der Waals surface area contributed by atoms with E-state index in [9.17, 15) is 14.7 Å². The summed E-state index contributed by atoms with van der Waals surface area (Å²) in [6.45, 7) is 0.0448. The smallest absolute Gasteiger partial charge is 0.408 e. The topological polar surface area (TPSA) is 103 Å². The second-order valence-electron chi connectivity index (χ2n) is 5.83. The molecule has 1 amide bonds. The van der Waals surface area contributed by atoms with Crippen molar-refractivity contribution in [2.24, 2.45) is 0 Å². The number of methoxy groups -OCH3 is 3. The fourth-order valence-electron chi connectivity index (χ4n) is 2.60. The van der Waals surface area contributed by atoms with Crippen LogP contribution in [0.2, 0.25) is 0 Å². The van der Waals surface area contributed by atoms with Crippen LogP contribution >= 0.6 is 0 Å². The van der Waals surface area contributed by atoms with Gasteiger partial charge in [0.1, 0.15) is 12.6 Å². The van der Waals surface area contributed by atoms with Crippen LogP contribution in [0.25, 0.3) is 0 Å². The number of rotatable bonds is 9. The van der Waals surface area contributed by atoms with Gasteiger partial charge in [-0.25, -0.2) is 9.59 Å². The molecule has 0 spiro atoms. The highest BCUT2D eigenvalue weighted by Gasteiger charge is 2.23. The molecule has 1 atom stereocenters. The van der Waals surface area contributed by atoms with E-state index >= 15 is 0 Å². The highest BCUT2D eigenvalue weighted by Crippen LogP contribution is 2.38. The van der Waals surface area contributed by atoms with Gasteiger partial charge in [-0.1, -0.05) is 30.3 Å². The lowest BCUT2D eigenvalue weighted by Crippen LogP contribution is -2.42. The third-order valence-electron chi connectivity index (χ3n) is 3.97. The predicted octanol–water partition coefficient (Wildman–Crippen LogP) is 2.63. The molecule has 2 rings (SSSR count). The Morgan fingerprint density at radius 1 is 0.964 bits per heavy atom. The molecule has 0 aliphatic heterocycles. The number of nitrogens with one attached hydrogen (secondary N) is 1. The molecule has 0 heterocycles. The van der Waals surface area contributed by atoms with Crippen LogP contribution in [0.3, 0.4) is 0 Å². The number of hydrogen-bond donors (Lipinski definition) is 2. The first-order chi connectivity index (χ1) is 13.5. The van der Waals surface area contributed by atoms with Crippen LogP contribution in [0.5, 0.6) is 17.2 Å². The maximum absolute atomic E-state index is 12.0. The minimum absolute atomic E-state index is 0.00643. The molecule has 0 radical (unpaired) electrons. The average Bonchev–Trinajstić information content (AvgIpc) is 2.71. The Morgan fingerprint density at radius 3 is 2.07 bits per heavy atom. The minimum atomic E-state index is -1.19. The number of carbonyl (C=O) groups excluding carboxylic acids is 1. The summed E-state index contributed by atoms with van der Waals surface area (Å²) in [4.78, 5) is 23.6. The summed E-state index contributed by atoms with van der Waals surface area (Å²) in [5.74, 6) is 0.00144. The van der Waals surface area contributed by atoms with Crippen LogP contribution in [0, 0.1) is 0 Å². The molecule has 0 saturated carbocycles. The quantitative estimate of drug-likeness (QED) is 0.679. The van der Waals surface area contributed by atoms with Crippen molar-refractivity contribution in [1.29, 1.82) is 0 Å². The number of alkyl carbamates (subject to hydrolysis) is 1. The van der Waals surface area contributed by atoms with Crippen molar-refractivity contribution in [3.8, 4) is 17.2 Å². The van der Waals surface area contributed by atoms with Gasteiger partial charge in [-0.2, -0.15) is 0 Å². The lowest BCUT2D eigenvalue weighted by atomic mass is 10.0. The molecule has 2 aromatic rings. The Morgan fingerprint density at radius 2 is 1.57 bits per heavy atom. The first-order valence-corrected chi connectivity index (χ1v) is 8.47. The van der Waals surface area contributed by atoms with Crippen molar-refractivity contribution in [1.82, 2.24) is 5.32 Å². The van der Waals surface area contributed by atoms with E-state index in [0.717, 1.165) is 5.56 Å². The summed E-state index contributed by atoms with van der Waals surface area (Å²) >= 11 is 0. The zero-order valence-electron chi connectivity index (χ0n) is 15.9. The molecule has 2 N–H and O–H groups in total. The predicted molar refractivity (Wildman–Crippen MR) is 101 cm³/mol. The van der Waals surface area contributed by atoms with Crippen molar-refractivity contribution >= 4 is 12.1 Å². The normalized spacial score (nSPS) is 11.2. The lowest BCUT2D eigenvalue weighted by molar-refractivity contribution is -0.139. The number of carbonyl (C=O) groups is 2. The van der Waals surface area contributed by atoms with Gasteiger partial charge in [-0.05, 0) is 23.3 Å². The summed E-state index contributed by atoms with van der Waals surface area (Å²) in [5.41, 5.74) is 1.39. The Balaban J connectivity index is 2.08. The average molecular weight is 389 g/mol. The molecule has 0 bridgehead atoms. The molecule has 0 aliphatic carbocycles. The number of amides is 1. The van der Waals surface area contributed by atoms with Crippen molar-refractivity contribution in [3.63, 3.8) is 0 Å². The monoisotopic (exact) mass is 389 g/mol. The standard InChI is InChI=1S/C20H23NO7/c1-25-16-10-14(11-17(26-2)18(16)27-3)9-15(19(22)23)21-20(24)28-12-13-7-5-4-6-8-13/h4-8,10-11,15H,9,12H2,1-3H3,(H,21,24)(H,22,23)/t15-/m1/s1. The summed E-state index contributed by atoms with van der Waals surface area (Å²) in [6, 6.07) is 11.2. The number of ether oxygens (including phenoxy) is 4. The van der Waals surface area contributed by atoms with Crippen LogP contribution in [0.1, 0.15) is 11.1 Å². The molecule has 150 valence electrons. The van der Waals surface area contributed by atoms with Crippen LogP contribution < -0.4 is 19.5 Å². The maximum Gasteiger partial charge on any atom is 0.408 e. The molecule has 0 fully saturated rings. The van der Waals surface area contributed by atoms with E-state index in [2.05, 4.69) is 5.32 Å². The molecule has 0 saturated heterocycles. The van der Waals surface area contributed by atoms with E-state index in [1.807, 2.05) is 18.2 Å². The van der Waals surface area contributed by atoms with Gasteiger partial charge in [-0.15, -0.1) is 0 Å². The van der Waals surface area contributed by atoms with Gasteiger partial charge in [0.25, 0.3) is 0 Å². The lowest BCUT2D eigenvalue weighted by Gasteiger charge is -2.17. The summed E-state index contributed by atoms with van der Waals surface area (Å²) < 4.78 is 20.9. The fraction of sp³-hybridized carbons (Fsp3) is 0.300. The molecule has 8 nitrogen and oxygen atoms in total. The van der Waals surface area contributed by atoms with E-state index in [4.69, 9.17) is 18.9 Å². The number of aliphatic carboxylic acids is 1. The largest absolute Gasteiger partial charge is 0.493 e. The third kappa shape index (κ3) is 5.54. The second-order valence-corrected chi connectivity index (χ2v) is 5.83. The van der Waals surface area contributed by atoms with Gasteiger partial charge in [0.15, 0.2) is 11.5 Å². The van der Waals surface area contributed by atoms with Crippen LogP contribution in [-0.4, -0.2) is 44.5 Å². The summed E-state index contributed by atoms with van der Waals surface area (Å²) in [6.07, 6.45) is -0.810. The second kappa shape index (κ2) is 10.1. The molecule has 28 heavy (non-hydrogen) atoms. The van der Waals surface area contributed by atoms with Crippen LogP contribution in [-0.2, 0) is 22.6 Å². The molecule has 2 aromatic carbocycles. The zero-order chi connectivity index (χ0) is 20.5. The SMILES string of the molecule is COc1cc(C[C@@H](NC(=O)OCc2ccccc2)C(=O)O)cc(OC)c1OC. The summed E-state index contributed by atoms with van der Waals surface area (Å²) in [7, 11) is 4.41. The number of hydrogen-bond acceptors (Lipinski definition) is 6. The molecular weight excluding hydrogens is 366 g/mol. The van der Waals surface area contributed by atoms with E-state index in [-0.39, 0.29) is 13.0 Å². The van der Waals surface area contributed by atoms with Gasteiger partial charge in [-0.3, -0.25) is 0 Å². The van der Waals surface area contributed by atoms with Crippen LogP contribution in [0.15, 0.2) is 42.5 Å². The number of benzene rings is 2. The minimum Gasteiger partial charge on any atom is -0.493 e. The molecule has 0 aliphatic rings. The number of carboxylic acid groups (broad SMARTS) is 1. The van der Waals surface area contributed by atoms with Crippen molar-refractivity contribution in [2.45, 2.75) is 19.1 Å². The van der Waals surface area contributed by atoms with Gasteiger partial charge in [0.05, 0.1) is 21.3 Å². The Bertz CT molecular complexity index is 782. The van der Waals surface area contributed by atoms with Gasteiger partial charge >= 0.3 is 12.1 Å². The van der Waals surface area contributed by atoms with Crippen molar-refractivity contribution in [2.75, 3.05) is 21.3 Å². The molecular formula is C20H23NO7. The molecule has 0 unspecified atom stereocenters. The Hall–Kier alpha value is -3.42. The van der Waals surface area contributed by atoms with Gasteiger partial charge in [0.2, 0.25) is 5.75 Å². The van der Waals surface area contributed by atoms with E-state index < -0.39 is 18.1 Å². The highest BCUT2D eigenvalue weighted by atomic mass is 16.5. The molecule has 0 aromatic heterocycles. The van der Waals surface area contributed by atoms with Crippen molar-refractivity contribution in [3.05, 3.63) is 53.6 Å². The first kappa shape index (κ1) is 20.9. The first-order valence-electron chi connectivity index (χ1n) is 8.47. The third-order valence-corrected chi connectivity index (χ3v) is 3.97. The highest BCUT2D eigenvalue weighted by molar-refractivity contribution is 5.80. The van der Waals surface area contributed by atoms with E-state index in [0.29, 0.717) is 22.8 Å². The van der Waals surface area contributed by atoms with Gasteiger partial charge in [0, 0.05) is 6.42 Å². The number of carboxylic acids is 1. The fourth-order valence-corrected chi connectivity index (χ4v) is 2.60. The van der Waals surface area contributed by atoms with Crippen LogP contribution in [0.4, 0.5) is 4.79 Å². The summed E-state index contributed by atoms with van der Waals surface area (Å²) in [5, 5.41) is 11.8. The Kier molecular flexibility index (Phi) is 7.50. The Labute approximate surface area is 163 Å². The zero-order valence-corrected chi connectivity index (χ0v) is 15.9. The van der Waals surface area contributed by atoms with E-state index in [1.54, 1.807) is 24.3 Å². The van der Waals surface area contributed by atoms with Gasteiger partial charge < -0.3 is 29.4 Å². The molecule has 8 heteroatoms. The van der Waals surface area contributed by atoms with Crippen molar-refractivity contribution < 1.29 is 33.6 Å². The maximum atomic E-state index is 12.0.